The van der Waals surface area contributed by atoms with E-state index in [1.807, 2.05) is 0 Å². The number of aromatic hydroxyl groups is 2. The average molecular weight is 254 g/mol. The summed E-state index contributed by atoms with van der Waals surface area (Å²) in [5, 5.41) is 29.8. The van der Waals surface area contributed by atoms with Gasteiger partial charge in [-0.15, -0.1) is 12.4 Å². The average Bonchev–Trinajstić information content (AvgIpc) is 2.81. The van der Waals surface area contributed by atoms with E-state index in [1.54, 1.807) is 18.2 Å². The van der Waals surface area contributed by atoms with Gasteiger partial charge in [-0.1, -0.05) is 6.07 Å². The smallest absolute Gasteiger partial charge is 0.128 e. The number of aromatic nitrogens is 2. The van der Waals surface area contributed by atoms with E-state index in [9.17, 15) is 10.2 Å². The zero-order valence-corrected chi connectivity index (χ0v) is 9.71. The van der Waals surface area contributed by atoms with Gasteiger partial charge in [-0.05, 0) is 12.1 Å². The van der Waals surface area contributed by atoms with Crippen molar-refractivity contribution in [2.45, 2.75) is 13.1 Å². The van der Waals surface area contributed by atoms with E-state index in [2.05, 4.69) is 15.5 Å². The Morgan fingerprint density at radius 3 is 2.53 bits per heavy atom. The molecule has 0 aliphatic carbocycles. The molecule has 1 aliphatic heterocycles. The number of H-pyrrole nitrogens is 1. The van der Waals surface area contributed by atoms with E-state index in [-0.39, 0.29) is 23.9 Å². The molecule has 1 aliphatic rings. The van der Waals surface area contributed by atoms with E-state index >= 15 is 0 Å². The molecule has 2 aromatic rings. The van der Waals surface area contributed by atoms with Crippen molar-refractivity contribution in [3.8, 4) is 22.8 Å². The second kappa shape index (κ2) is 4.27. The van der Waals surface area contributed by atoms with Crippen LogP contribution in [0.3, 0.4) is 0 Å². The molecule has 0 amide bonds. The second-order valence-electron chi connectivity index (χ2n) is 3.80. The summed E-state index contributed by atoms with van der Waals surface area (Å²) in [6, 6.07) is 4.68. The van der Waals surface area contributed by atoms with Crippen LogP contribution in [-0.4, -0.2) is 20.4 Å². The summed E-state index contributed by atoms with van der Waals surface area (Å²) in [7, 11) is 0. The van der Waals surface area contributed by atoms with Gasteiger partial charge >= 0.3 is 0 Å². The number of phenols is 2. The lowest BCUT2D eigenvalue weighted by Crippen LogP contribution is -2.02. The van der Waals surface area contributed by atoms with Crippen molar-refractivity contribution in [3.63, 3.8) is 0 Å². The van der Waals surface area contributed by atoms with Crippen LogP contribution in [0.15, 0.2) is 18.2 Å². The molecule has 17 heavy (non-hydrogen) atoms. The van der Waals surface area contributed by atoms with E-state index in [0.29, 0.717) is 17.8 Å². The fourth-order valence-corrected chi connectivity index (χ4v) is 2.03. The number of hydrogen-bond donors (Lipinski definition) is 4. The quantitative estimate of drug-likeness (QED) is 0.621. The van der Waals surface area contributed by atoms with Gasteiger partial charge in [-0.2, -0.15) is 5.10 Å². The normalized spacial score (nSPS) is 13.2. The number of aromatic amines is 1. The van der Waals surface area contributed by atoms with Gasteiger partial charge in [0.15, 0.2) is 0 Å². The molecule has 0 unspecified atom stereocenters. The van der Waals surface area contributed by atoms with Crippen molar-refractivity contribution in [1.82, 2.24) is 15.5 Å². The van der Waals surface area contributed by atoms with Crippen molar-refractivity contribution in [2.75, 3.05) is 0 Å². The number of fused-ring (bicyclic) bond motifs is 1. The maximum absolute atomic E-state index is 9.76. The third-order valence-electron chi connectivity index (χ3n) is 2.81. The number of halogens is 1. The summed E-state index contributed by atoms with van der Waals surface area (Å²) in [6.07, 6.45) is 0. The Morgan fingerprint density at radius 1 is 1.12 bits per heavy atom. The van der Waals surface area contributed by atoms with Gasteiger partial charge < -0.3 is 15.5 Å². The molecule has 0 radical (unpaired) electrons. The number of nitrogens with one attached hydrogen (secondary N) is 2. The van der Waals surface area contributed by atoms with E-state index < -0.39 is 0 Å². The third-order valence-corrected chi connectivity index (χ3v) is 2.81. The molecule has 5 nitrogen and oxygen atoms in total. The second-order valence-corrected chi connectivity index (χ2v) is 3.80. The highest BCUT2D eigenvalue weighted by Crippen LogP contribution is 2.38. The van der Waals surface area contributed by atoms with Crippen molar-refractivity contribution in [2.24, 2.45) is 0 Å². The first-order valence-electron chi connectivity index (χ1n) is 5.05. The van der Waals surface area contributed by atoms with Crippen molar-refractivity contribution < 1.29 is 10.2 Å². The van der Waals surface area contributed by atoms with Crippen LogP contribution in [0.5, 0.6) is 11.5 Å². The standard InChI is InChI=1S/C11H11N3O2.ClH/c15-8-2-1-3-9(16)10(8)11-6-4-12-5-7(6)13-14-11;/h1-3,12,15-16H,4-5H2,(H,13,14);1H. The zero-order chi connectivity index (χ0) is 11.1. The molecule has 0 bridgehead atoms. The minimum atomic E-state index is 0. The van der Waals surface area contributed by atoms with E-state index in [4.69, 9.17) is 0 Å². The van der Waals surface area contributed by atoms with Crippen molar-refractivity contribution >= 4 is 12.4 Å². The summed E-state index contributed by atoms with van der Waals surface area (Å²) < 4.78 is 0. The maximum Gasteiger partial charge on any atom is 0.128 e. The Kier molecular flexibility index (Phi) is 2.95. The summed E-state index contributed by atoms with van der Waals surface area (Å²) in [4.78, 5) is 0. The van der Waals surface area contributed by atoms with Crippen molar-refractivity contribution in [3.05, 3.63) is 29.5 Å². The van der Waals surface area contributed by atoms with E-state index in [1.165, 1.54) is 0 Å². The Labute approximate surface area is 104 Å². The molecule has 4 N–H and O–H groups in total. The number of hydrogen-bond acceptors (Lipinski definition) is 4. The van der Waals surface area contributed by atoms with E-state index in [0.717, 1.165) is 17.8 Å². The summed E-state index contributed by atoms with van der Waals surface area (Å²) in [6.45, 7) is 1.45. The highest BCUT2D eigenvalue weighted by Gasteiger charge is 2.22. The lowest BCUT2D eigenvalue weighted by Gasteiger charge is -2.05. The van der Waals surface area contributed by atoms with Gasteiger partial charge in [0.2, 0.25) is 0 Å². The first kappa shape index (κ1) is 11.8. The molecular formula is C11H12ClN3O2. The monoisotopic (exact) mass is 253 g/mol. The predicted molar refractivity (Wildman–Crippen MR) is 65.1 cm³/mol. The largest absolute Gasteiger partial charge is 0.507 e. The van der Waals surface area contributed by atoms with Crippen LogP contribution in [0.2, 0.25) is 0 Å². The highest BCUT2D eigenvalue weighted by atomic mass is 35.5. The number of phenolic OH excluding ortho intramolecular Hbond substituents is 2. The van der Waals surface area contributed by atoms with Crippen LogP contribution in [0.4, 0.5) is 0 Å². The Morgan fingerprint density at radius 2 is 1.82 bits per heavy atom. The summed E-state index contributed by atoms with van der Waals surface area (Å²) in [5.41, 5.74) is 3.04. The molecule has 1 aromatic heterocycles. The van der Waals surface area contributed by atoms with Crippen LogP contribution in [0.25, 0.3) is 11.3 Å². The molecule has 0 fully saturated rings. The van der Waals surface area contributed by atoms with Crippen LogP contribution in [0.1, 0.15) is 11.3 Å². The topological polar surface area (TPSA) is 81.2 Å². The predicted octanol–water partition coefficient (Wildman–Crippen LogP) is 1.51. The van der Waals surface area contributed by atoms with Crippen LogP contribution >= 0.6 is 12.4 Å². The van der Waals surface area contributed by atoms with Crippen LogP contribution in [-0.2, 0) is 13.1 Å². The molecule has 3 rings (SSSR count). The molecule has 0 spiro atoms. The van der Waals surface area contributed by atoms with Crippen molar-refractivity contribution in [1.29, 1.82) is 0 Å². The molecule has 2 heterocycles. The lowest BCUT2D eigenvalue weighted by molar-refractivity contribution is 0.453. The molecule has 6 heteroatoms. The highest BCUT2D eigenvalue weighted by molar-refractivity contribution is 5.85. The number of nitrogens with zero attached hydrogens (tertiary/aromatic N) is 1. The fourth-order valence-electron chi connectivity index (χ4n) is 2.03. The minimum Gasteiger partial charge on any atom is -0.507 e. The lowest BCUT2D eigenvalue weighted by atomic mass is 10.1. The van der Waals surface area contributed by atoms with Gasteiger partial charge in [0.05, 0.1) is 11.3 Å². The van der Waals surface area contributed by atoms with Gasteiger partial charge in [0.1, 0.15) is 17.2 Å². The third kappa shape index (κ3) is 1.73. The number of rotatable bonds is 1. The molecule has 0 saturated heterocycles. The zero-order valence-electron chi connectivity index (χ0n) is 8.90. The molecule has 1 aromatic carbocycles. The first-order chi connectivity index (χ1) is 7.77. The SMILES string of the molecule is Cl.Oc1cccc(O)c1-c1n[nH]c2c1CNC2. The molecule has 90 valence electrons. The fraction of sp³-hybridized carbons (Fsp3) is 0.182. The van der Waals surface area contributed by atoms with Gasteiger partial charge in [0, 0.05) is 18.7 Å². The van der Waals surface area contributed by atoms with Crippen LogP contribution in [0, 0.1) is 0 Å². The summed E-state index contributed by atoms with van der Waals surface area (Å²) in [5.74, 6) is 0.0856. The van der Waals surface area contributed by atoms with Gasteiger partial charge in [-0.3, -0.25) is 5.10 Å². The first-order valence-corrected chi connectivity index (χ1v) is 5.05. The van der Waals surface area contributed by atoms with Gasteiger partial charge in [0.25, 0.3) is 0 Å². The molecule has 0 atom stereocenters. The maximum atomic E-state index is 9.76. The van der Waals surface area contributed by atoms with Crippen LogP contribution < -0.4 is 5.32 Å². The minimum absolute atomic E-state index is 0. The Bertz CT molecular complexity index is 533. The number of benzene rings is 1. The Balaban J connectivity index is 0.00000108. The van der Waals surface area contributed by atoms with Gasteiger partial charge in [-0.25, -0.2) is 0 Å². The molecule has 0 saturated carbocycles. The summed E-state index contributed by atoms with van der Waals surface area (Å²) >= 11 is 0. The molecular weight excluding hydrogens is 242 g/mol. The Hall–Kier alpha value is -1.72.